The Balaban J connectivity index is 0.00000145. The highest BCUT2D eigenvalue weighted by Gasteiger charge is 2.09. The molecule has 0 saturated heterocycles. The molecule has 1 heterocycles. The van der Waals surface area contributed by atoms with Gasteiger partial charge in [0.1, 0.15) is 0 Å². The first-order valence-corrected chi connectivity index (χ1v) is 10.0. The summed E-state index contributed by atoms with van der Waals surface area (Å²) in [6, 6.07) is 11.6. The first-order chi connectivity index (χ1) is 14.2. The zero-order valence-corrected chi connectivity index (χ0v) is 17.7. The Hall–Kier alpha value is -3.28. The zero-order chi connectivity index (χ0) is 21.1. The van der Waals surface area contributed by atoms with Gasteiger partial charge >= 0.3 is 0 Å². The fraction of sp³-hybridized carbons (Fsp3) is 0.304. The van der Waals surface area contributed by atoms with Crippen LogP contribution in [0.2, 0.25) is 0 Å². The number of benzene rings is 1. The lowest BCUT2D eigenvalue weighted by molar-refractivity contribution is 0.757. The van der Waals surface area contributed by atoms with Crippen molar-refractivity contribution in [2.45, 2.75) is 40.3 Å². The van der Waals surface area contributed by atoms with Crippen molar-refractivity contribution < 1.29 is 0 Å². The van der Waals surface area contributed by atoms with E-state index in [-0.39, 0.29) is 5.56 Å². The number of nitrogens with zero attached hydrogens (tertiary/aromatic N) is 2. The molecule has 29 heavy (non-hydrogen) atoms. The van der Waals surface area contributed by atoms with Gasteiger partial charge in [0.2, 0.25) is 5.95 Å². The molecule has 1 aromatic carbocycles. The van der Waals surface area contributed by atoms with Crippen LogP contribution in [0.15, 0.2) is 76.8 Å². The third-order valence-corrected chi connectivity index (χ3v) is 4.33. The fourth-order valence-electron chi connectivity index (χ4n) is 2.85. The van der Waals surface area contributed by atoms with Gasteiger partial charge in [-0.05, 0) is 30.6 Å². The highest BCUT2D eigenvalue weighted by molar-refractivity contribution is 5.35. The molecule has 0 atom stereocenters. The Kier molecular flexibility index (Phi) is 8.76. The zero-order valence-electron chi connectivity index (χ0n) is 17.7. The largest absolute Gasteiger partial charge is 0.379 e. The van der Waals surface area contributed by atoms with Gasteiger partial charge in [-0.3, -0.25) is 4.79 Å². The molecule has 0 radical (unpaired) electrons. The Labute approximate surface area is 173 Å². The number of hydrogen-bond acceptors (Lipinski definition) is 5. The number of aromatic nitrogens is 2. The van der Waals surface area contributed by atoms with Crippen molar-refractivity contribution in [1.82, 2.24) is 15.0 Å². The molecule has 0 unspecified atom stereocenters. The molecule has 1 aliphatic carbocycles. The summed E-state index contributed by atoms with van der Waals surface area (Å²) in [6.07, 6.45) is 9.28. The molecule has 0 amide bonds. The van der Waals surface area contributed by atoms with E-state index in [9.17, 15) is 4.79 Å². The van der Waals surface area contributed by atoms with E-state index in [0.717, 1.165) is 17.7 Å². The van der Waals surface area contributed by atoms with Crippen LogP contribution in [-0.2, 0) is 13.1 Å². The molecule has 0 aliphatic heterocycles. The van der Waals surface area contributed by atoms with Crippen molar-refractivity contribution in [3.63, 3.8) is 0 Å². The number of rotatable bonds is 7. The van der Waals surface area contributed by atoms with E-state index in [1.165, 1.54) is 10.2 Å². The highest BCUT2D eigenvalue weighted by atomic mass is 16.1. The first kappa shape index (κ1) is 22.0. The van der Waals surface area contributed by atoms with Crippen LogP contribution in [0.25, 0.3) is 0 Å². The Morgan fingerprint density at radius 3 is 2.59 bits per heavy atom. The first-order valence-electron chi connectivity index (χ1n) is 10.0. The predicted molar refractivity (Wildman–Crippen MR) is 121 cm³/mol. The van der Waals surface area contributed by atoms with E-state index in [0.29, 0.717) is 24.7 Å². The molecule has 6 nitrogen and oxygen atoms in total. The van der Waals surface area contributed by atoms with Crippen LogP contribution in [-0.4, -0.2) is 16.7 Å². The number of hydrogen-bond donors (Lipinski definition) is 3. The van der Waals surface area contributed by atoms with Crippen molar-refractivity contribution in [3.8, 4) is 0 Å². The predicted octanol–water partition coefficient (Wildman–Crippen LogP) is 3.93. The molecular formula is C23H31N5O. The molecule has 0 bridgehead atoms. The van der Waals surface area contributed by atoms with Gasteiger partial charge in [-0.15, -0.1) is 0 Å². The topological polar surface area (TPSA) is 71.0 Å². The summed E-state index contributed by atoms with van der Waals surface area (Å²) in [4.78, 5) is 17.0. The summed E-state index contributed by atoms with van der Waals surface area (Å²) < 4.78 is 1.41. The molecule has 1 aromatic heterocycles. The average molecular weight is 394 g/mol. The van der Waals surface area contributed by atoms with Gasteiger partial charge < -0.3 is 16.1 Å². The van der Waals surface area contributed by atoms with Crippen LogP contribution in [0.5, 0.6) is 0 Å². The number of allylic oxidation sites excluding steroid dienone is 5. The number of anilines is 1. The van der Waals surface area contributed by atoms with Gasteiger partial charge in [-0.1, -0.05) is 62.4 Å². The molecular weight excluding hydrogens is 362 g/mol. The van der Waals surface area contributed by atoms with Crippen molar-refractivity contribution >= 4 is 5.95 Å². The molecule has 0 fully saturated rings. The van der Waals surface area contributed by atoms with Gasteiger partial charge in [-0.25, -0.2) is 4.98 Å². The maximum Gasteiger partial charge on any atom is 0.273 e. The summed E-state index contributed by atoms with van der Waals surface area (Å²) >= 11 is 0. The van der Waals surface area contributed by atoms with E-state index >= 15 is 0 Å². The molecule has 3 rings (SSSR count). The fourth-order valence-corrected chi connectivity index (χ4v) is 2.85. The lowest BCUT2D eigenvalue weighted by Gasteiger charge is -2.15. The summed E-state index contributed by atoms with van der Waals surface area (Å²) in [7, 11) is 1.70. The molecule has 154 valence electrons. The minimum atomic E-state index is -0.151. The van der Waals surface area contributed by atoms with Gasteiger partial charge in [0.05, 0.1) is 12.2 Å². The lowest BCUT2D eigenvalue weighted by atomic mass is 10.2. The maximum absolute atomic E-state index is 12.4. The smallest absolute Gasteiger partial charge is 0.273 e. The van der Waals surface area contributed by atoms with Gasteiger partial charge in [0.25, 0.3) is 5.56 Å². The third-order valence-electron chi connectivity index (χ3n) is 4.33. The minimum absolute atomic E-state index is 0.151. The molecule has 2 aromatic rings. The van der Waals surface area contributed by atoms with E-state index in [1.54, 1.807) is 13.1 Å². The van der Waals surface area contributed by atoms with Crippen molar-refractivity contribution in [1.29, 1.82) is 0 Å². The molecule has 6 heteroatoms. The molecule has 0 spiro atoms. The lowest BCUT2D eigenvalue weighted by Crippen LogP contribution is -2.31. The monoisotopic (exact) mass is 393 g/mol. The summed E-state index contributed by atoms with van der Waals surface area (Å²) in [6.45, 7) is 7.14. The Bertz CT molecular complexity index is 926. The van der Waals surface area contributed by atoms with E-state index in [4.69, 9.17) is 0 Å². The van der Waals surface area contributed by atoms with Crippen LogP contribution >= 0.6 is 0 Å². The van der Waals surface area contributed by atoms with Gasteiger partial charge in [0.15, 0.2) is 0 Å². The highest BCUT2D eigenvalue weighted by Crippen LogP contribution is 2.12. The van der Waals surface area contributed by atoms with E-state index in [1.807, 2.05) is 56.3 Å². The van der Waals surface area contributed by atoms with Crippen molar-refractivity contribution in [2.75, 3.05) is 17.8 Å². The van der Waals surface area contributed by atoms with E-state index < -0.39 is 0 Å². The van der Waals surface area contributed by atoms with Crippen molar-refractivity contribution in [2.24, 2.45) is 0 Å². The average Bonchev–Trinajstić information content (AvgIpc) is 2.96. The minimum Gasteiger partial charge on any atom is -0.379 e. The van der Waals surface area contributed by atoms with Crippen LogP contribution in [0, 0.1) is 0 Å². The Morgan fingerprint density at radius 1 is 1.10 bits per heavy atom. The number of nitrogens with one attached hydrogen (secondary N) is 3. The SMILES string of the molecule is CC.CNn1c(NCc2ccccc2)nc(CNC2=CC=CCC=C2C)cc1=O. The third kappa shape index (κ3) is 6.38. The maximum atomic E-state index is 12.4. The van der Waals surface area contributed by atoms with Crippen LogP contribution in [0.3, 0.4) is 0 Å². The second kappa shape index (κ2) is 11.5. The normalized spacial score (nSPS) is 12.7. The van der Waals surface area contributed by atoms with Gasteiger partial charge in [0, 0.05) is 25.4 Å². The Morgan fingerprint density at radius 2 is 1.86 bits per heavy atom. The van der Waals surface area contributed by atoms with Crippen LogP contribution in [0.1, 0.15) is 38.4 Å². The summed E-state index contributed by atoms with van der Waals surface area (Å²) in [5.74, 6) is 0.493. The molecule has 3 N–H and O–H groups in total. The standard InChI is InChI=1S/C21H25N5O.C2H6/c1-16-9-5-3-8-12-19(16)23-15-18-13-20(27)26(22-2)21(25-18)24-14-17-10-6-4-7-11-17;1-2/h3-4,6-13,22-23H,5,14-15H2,1-2H3,(H,24,25);1-2H3. The van der Waals surface area contributed by atoms with Gasteiger partial charge in [-0.2, -0.15) is 4.68 Å². The van der Waals surface area contributed by atoms with Crippen LogP contribution < -0.4 is 21.6 Å². The van der Waals surface area contributed by atoms with E-state index in [2.05, 4.69) is 40.1 Å². The molecule has 1 aliphatic rings. The quantitative estimate of drug-likeness (QED) is 0.665. The summed E-state index contributed by atoms with van der Waals surface area (Å²) in [5.41, 5.74) is 6.76. The second-order valence-corrected chi connectivity index (χ2v) is 6.29. The van der Waals surface area contributed by atoms with Crippen molar-refractivity contribution in [3.05, 3.63) is 93.6 Å². The summed E-state index contributed by atoms with van der Waals surface area (Å²) in [5, 5.41) is 6.62. The van der Waals surface area contributed by atoms with Crippen LogP contribution in [0.4, 0.5) is 5.95 Å². The second-order valence-electron chi connectivity index (χ2n) is 6.29. The molecule has 0 saturated carbocycles.